The number of aromatic nitrogens is 3. The highest BCUT2D eigenvalue weighted by Crippen LogP contribution is 2.37. The van der Waals surface area contributed by atoms with Crippen LogP contribution in [0.1, 0.15) is 23.4 Å². The first-order valence-electron chi connectivity index (χ1n) is 13.2. The lowest BCUT2D eigenvalue weighted by Crippen LogP contribution is -2.44. The highest BCUT2D eigenvalue weighted by molar-refractivity contribution is 5.93. The first-order valence-corrected chi connectivity index (χ1v) is 13.2. The number of fused-ring (bicyclic) bond motifs is 1. The van der Waals surface area contributed by atoms with Crippen molar-refractivity contribution in [2.24, 2.45) is 0 Å². The molecule has 1 fully saturated rings. The van der Waals surface area contributed by atoms with Gasteiger partial charge in [-0.3, -0.25) is 4.98 Å². The van der Waals surface area contributed by atoms with Crippen LogP contribution >= 0.6 is 0 Å². The van der Waals surface area contributed by atoms with Gasteiger partial charge in [0, 0.05) is 55.4 Å². The van der Waals surface area contributed by atoms with Gasteiger partial charge in [0.2, 0.25) is 0 Å². The summed E-state index contributed by atoms with van der Waals surface area (Å²) in [5.41, 5.74) is -0.818. The van der Waals surface area contributed by atoms with Gasteiger partial charge >= 0.3 is 12.4 Å². The molecule has 0 unspecified atom stereocenters. The molecule has 0 amide bonds. The molecule has 0 saturated carbocycles. The van der Waals surface area contributed by atoms with E-state index in [0.717, 1.165) is 57.3 Å². The van der Waals surface area contributed by atoms with Crippen LogP contribution in [-0.4, -0.2) is 64.5 Å². The summed E-state index contributed by atoms with van der Waals surface area (Å²) in [5, 5.41) is 3.59. The second-order valence-electron chi connectivity index (χ2n) is 10.1. The number of alkyl halides is 6. The van der Waals surface area contributed by atoms with Crippen molar-refractivity contribution >= 4 is 22.4 Å². The van der Waals surface area contributed by atoms with Crippen LogP contribution < -0.4 is 5.32 Å². The topological polar surface area (TPSA) is 57.2 Å². The summed E-state index contributed by atoms with van der Waals surface area (Å²) in [7, 11) is 2.09. The summed E-state index contributed by atoms with van der Waals surface area (Å²) < 4.78 is 80.2. The van der Waals surface area contributed by atoms with Crippen molar-refractivity contribution in [3.8, 4) is 11.3 Å². The van der Waals surface area contributed by atoms with E-state index in [-0.39, 0.29) is 11.3 Å². The average Bonchev–Trinajstić information content (AvgIpc) is 2.93. The molecular weight excluding hydrogens is 546 g/mol. The number of aryl methyl sites for hydroxylation is 1. The Morgan fingerprint density at radius 2 is 1.59 bits per heavy atom. The average molecular weight is 575 g/mol. The maximum atomic E-state index is 13.7. The number of likely N-dealkylation sites (N-methyl/N-ethyl adjacent to an activating group) is 1. The van der Waals surface area contributed by atoms with Crippen LogP contribution in [0.3, 0.4) is 0 Å². The Morgan fingerprint density at radius 1 is 0.854 bits per heavy atom. The molecule has 216 valence electrons. The third-order valence-corrected chi connectivity index (χ3v) is 7.08. The molecule has 3 heterocycles. The van der Waals surface area contributed by atoms with Crippen LogP contribution in [0.25, 0.3) is 22.2 Å². The zero-order chi connectivity index (χ0) is 29.2. The molecule has 6 nitrogen and oxygen atoms in total. The summed E-state index contributed by atoms with van der Waals surface area (Å²) >= 11 is 0. The Morgan fingerprint density at radius 3 is 2.27 bits per heavy atom. The lowest BCUT2D eigenvalue weighted by molar-refractivity contribution is -0.138. The van der Waals surface area contributed by atoms with E-state index < -0.39 is 23.5 Å². The second-order valence-corrected chi connectivity index (χ2v) is 10.1. The van der Waals surface area contributed by atoms with Crippen LogP contribution in [-0.2, 0) is 18.8 Å². The Labute approximate surface area is 233 Å². The van der Waals surface area contributed by atoms with E-state index >= 15 is 0 Å². The van der Waals surface area contributed by atoms with Gasteiger partial charge in [-0.1, -0.05) is 6.07 Å². The third kappa shape index (κ3) is 6.94. The fourth-order valence-corrected chi connectivity index (χ4v) is 4.81. The highest BCUT2D eigenvalue weighted by atomic mass is 19.4. The van der Waals surface area contributed by atoms with E-state index in [2.05, 4.69) is 37.1 Å². The molecule has 0 spiro atoms. The quantitative estimate of drug-likeness (QED) is 0.250. The molecule has 1 aliphatic heterocycles. The van der Waals surface area contributed by atoms with Gasteiger partial charge in [0.05, 0.1) is 22.3 Å². The number of halogens is 6. The highest BCUT2D eigenvalue weighted by Gasteiger charge is 2.34. The third-order valence-electron chi connectivity index (χ3n) is 7.08. The monoisotopic (exact) mass is 574 g/mol. The maximum Gasteiger partial charge on any atom is 0.418 e. The number of nitrogens with one attached hydrogen (secondary N) is 1. The summed E-state index contributed by atoms with van der Waals surface area (Å²) in [5.74, 6) is 0.836. The smallest absolute Gasteiger partial charge is 0.340 e. The molecule has 12 heteroatoms. The van der Waals surface area contributed by atoms with E-state index in [1.807, 2.05) is 0 Å². The van der Waals surface area contributed by atoms with Gasteiger partial charge in [-0.2, -0.15) is 26.3 Å². The largest absolute Gasteiger partial charge is 0.418 e. The molecule has 1 N–H and O–H groups in total. The summed E-state index contributed by atoms with van der Waals surface area (Å²) in [4.78, 5) is 17.9. The summed E-state index contributed by atoms with van der Waals surface area (Å²) in [6.07, 6.45) is -6.46. The van der Waals surface area contributed by atoms with Gasteiger partial charge in [-0.05, 0) is 68.5 Å². The first kappa shape index (κ1) is 28.7. The normalized spacial score (nSPS) is 15.4. The molecule has 2 aromatic carbocycles. The van der Waals surface area contributed by atoms with Crippen molar-refractivity contribution < 1.29 is 26.3 Å². The number of piperazine rings is 1. The molecule has 4 aromatic rings. The standard InChI is InChI=1S/C29H28F6N6/c1-40-14-16-41(17-15-40)13-3-5-25-38-24-18-19(26-23(29(33,34)35)4-2-12-36-26)6-11-22(24)27(39-25)37-21-9-7-20(8-10-21)28(30,31)32/h2,4,6-12,18H,3,5,13-17H2,1H3,(H,37,38,39). The number of anilines is 2. The molecule has 41 heavy (non-hydrogen) atoms. The van der Waals surface area contributed by atoms with Gasteiger partial charge < -0.3 is 15.1 Å². The van der Waals surface area contributed by atoms with E-state index in [4.69, 9.17) is 0 Å². The number of nitrogens with zero attached hydrogens (tertiary/aromatic N) is 5. The Hall–Kier alpha value is -3.77. The van der Waals surface area contributed by atoms with Crippen molar-refractivity contribution in [3.05, 3.63) is 77.7 Å². The van der Waals surface area contributed by atoms with Crippen molar-refractivity contribution in [2.75, 3.05) is 45.1 Å². The van der Waals surface area contributed by atoms with Gasteiger partial charge in [0.1, 0.15) is 11.6 Å². The lowest BCUT2D eigenvalue weighted by atomic mass is 10.0. The summed E-state index contributed by atoms with van der Waals surface area (Å²) in [6.45, 7) is 4.75. The van der Waals surface area contributed by atoms with Crippen molar-refractivity contribution in [1.82, 2.24) is 24.8 Å². The van der Waals surface area contributed by atoms with E-state index in [9.17, 15) is 26.3 Å². The second kappa shape index (κ2) is 11.6. The first-order chi connectivity index (χ1) is 19.5. The Balaban J connectivity index is 1.48. The molecule has 0 atom stereocenters. The van der Waals surface area contributed by atoms with Crippen LogP contribution in [0.15, 0.2) is 60.8 Å². The van der Waals surface area contributed by atoms with Crippen LogP contribution in [0.4, 0.5) is 37.8 Å². The molecule has 2 aromatic heterocycles. The van der Waals surface area contributed by atoms with E-state index in [1.54, 1.807) is 6.07 Å². The molecular formula is C29H28F6N6. The predicted octanol–water partition coefficient (Wildman–Crippen LogP) is 6.65. The van der Waals surface area contributed by atoms with Crippen molar-refractivity contribution in [3.63, 3.8) is 0 Å². The SMILES string of the molecule is CN1CCN(CCCc2nc(Nc3ccc(C(F)(F)F)cc3)c3ccc(-c4ncccc4C(F)(F)F)cc3n2)CC1. The van der Waals surface area contributed by atoms with Gasteiger partial charge in [0.25, 0.3) is 0 Å². The molecule has 0 radical (unpaired) electrons. The molecule has 1 aliphatic rings. The lowest BCUT2D eigenvalue weighted by Gasteiger charge is -2.32. The summed E-state index contributed by atoms with van der Waals surface area (Å²) in [6, 6.07) is 11.4. The molecule has 5 rings (SSSR count). The fraction of sp³-hybridized carbons (Fsp3) is 0.345. The number of benzene rings is 2. The Bertz CT molecular complexity index is 1490. The number of hydrogen-bond donors (Lipinski definition) is 1. The minimum atomic E-state index is -4.59. The fourth-order valence-electron chi connectivity index (χ4n) is 4.81. The number of rotatable bonds is 7. The van der Waals surface area contributed by atoms with Crippen LogP contribution in [0.2, 0.25) is 0 Å². The number of hydrogen-bond acceptors (Lipinski definition) is 6. The molecule has 1 saturated heterocycles. The van der Waals surface area contributed by atoms with Crippen LogP contribution in [0, 0.1) is 0 Å². The molecule has 0 aliphatic carbocycles. The maximum absolute atomic E-state index is 13.7. The van der Waals surface area contributed by atoms with Crippen molar-refractivity contribution in [2.45, 2.75) is 25.2 Å². The number of pyridine rings is 1. The van der Waals surface area contributed by atoms with Crippen LogP contribution in [0.5, 0.6) is 0 Å². The molecule has 0 bridgehead atoms. The van der Waals surface area contributed by atoms with Crippen molar-refractivity contribution in [1.29, 1.82) is 0 Å². The van der Waals surface area contributed by atoms with Gasteiger partial charge in [0.15, 0.2) is 0 Å². The Kier molecular flexibility index (Phi) is 8.14. The zero-order valence-corrected chi connectivity index (χ0v) is 22.2. The van der Waals surface area contributed by atoms with E-state index in [0.29, 0.717) is 34.7 Å². The van der Waals surface area contributed by atoms with E-state index in [1.165, 1.54) is 36.5 Å². The zero-order valence-electron chi connectivity index (χ0n) is 22.2. The minimum absolute atomic E-state index is 0.214. The van der Waals surface area contributed by atoms with Gasteiger partial charge in [-0.25, -0.2) is 9.97 Å². The van der Waals surface area contributed by atoms with Gasteiger partial charge in [-0.15, -0.1) is 0 Å². The minimum Gasteiger partial charge on any atom is -0.340 e. The predicted molar refractivity (Wildman–Crippen MR) is 145 cm³/mol.